The Kier molecular flexibility index (Phi) is 10.2. The molecule has 12 rings (SSSR count). The minimum atomic E-state index is -0.459. The average molecular weight is 871 g/mol. The topological polar surface area (TPSA) is 138 Å². The zero-order valence-corrected chi connectivity index (χ0v) is 39.5. The summed E-state index contributed by atoms with van der Waals surface area (Å²) in [4.78, 5) is 30.8. The van der Waals surface area contributed by atoms with E-state index in [1.165, 1.54) is 77.0 Å². The molecule has 10 heteroatoms. The van der Waals surface area contributed by atoms with Crippen molar-refractivity contribution < 1.29 is 19.8 Å². The number of ketones is 2. The largest absolute Gasteiger partial charge is 0.390 e. The highest BCUT2D eigenvalue weighted by molar-refractivity contribution is 5.84. The molecule has 0 aliphatic heterocycles. The number of hydrogen-bond donors (Lipinski definition) is 2. The monoisotopic (exact) mass is 871 g/mol. The van der Waals surface area contributed by atoms with E-state index in [1.807, 2.05) is 27.7 Å². The number of carbonyl (C=O) groups is 2. The van der Waals surface area contributed by atoms with Gasteiger partial charge in [0.15, 0.2) is 11.6 Å². The zero-order chi connectivity index (χ0) is 44.8. The Hall–Kier alpha value is -3.34. The van der Waals surface area contributed by atoms with E-state index in [4.69, 9.17) is 6.57 Å². The van der Waals surface area contributed by atoms with E-state index in [9.17, 15) is 25.1 Å². The van der Waals surface area contributed by atoms with Crippen molar-refractivity contribution in [2.24, 2.45) is 106 Å². The lowest BCUT2D eigenvalue weighted by molar-refractivity contribution is -0.137. The molecule has 0 amide bonds. The summed E-state index contributed by atoms with van der Waals surface area (Å²) in [5, 5.41) is 39.3. The summed E-state index contributed by atoms with van der Waals surface area (Å²) in [7, 11) is 0. The van der Waals surface area contributed by atoms with Gasteiger partial charge >= 0.3 is 0 Å². The Morgan fingerprint density at radius 3 is 1.69 bits per heavy atom. The molecule has 10 aliphatic rings. The molecule has 64 heavy (non-hydrogen) atoms. The van der Waals surface area contributed by atoms with Gasteiger partial charge in [-0.3, -0.25) is 19.0 Å². The van der Waals surface area contributed by atoms with E-state index in [0.717, 1.165) is 84.4 Å². The van der Waals surface area contributed by atoms with Crippen LogP contribution in [0.3, 0.4) is 0 Å². The summed E-state index contributed by atoms with van der Waals surface area (Å²) in [5.41, 5.74) is 2.02. The van der Waals surface area contributed by atoms with Gasteiger partial charge in [0.1, 0.15) is 12.6 Å². The standard InChI is InChI=1S/2C27H37N3O2/c1-15-22(28-4)13-30(29-15)14-23(31)25-21-11-20(21)24-19-6-5-16-12-26(2,32)9-7-17(16)18(19)8-10-27(24,25)3;1-15-17(12-28)13-29-30(15)14-23(31)25-22-10-21(22)24-20-5-4-16-11-26(2,32)8-6-18(16)19(20)7-9-27(24,25)3/h13,16-21,24-25,32H,5-12,14H2,1-3H3;13,16,18-22,24-25,32H,4-11,14H2,1-3H3/t16-,17+,18-,19-,20-,21+,24-,25-,26-,27+;16-,18+,19-,20-,21-,22+,24-,25-,26-,27+/m11/s1. The van der Waals surface area contributed by atoms with Crippen LogP contribution in [0.1, 0.15) is 147 Å². The van der Waals surface area contributed by atoms with Gasteiger partial charge in [-0.15, -0.1) is 0 Å². The fourth-order valence-corrected chi connectivity index (χ4v) is 19.2. The molecule has 2 aromatic heterocycles. The van der Waals surface area contributed by atoms with Crippen LogP contribution in [0.4, 0.5) is 5.69 Å². The Labute approximate surface area is 381 Å². The van der Waals surface area contributed by atoms with Crippen molar-refractivity contribution in [1.82, 2.24) is 19.6 Å². The molecular weight excluding hydrogens is 797 g/mol. The Bertz CT molecular complexity index is 2280. The second-order valence-electron chi connectivity index (χ2n) is 25.1. The van der Waals surface area contributed by atoms with Gasteiger partial charge in [0.25, 0.3) is 0 Å². The lowest BCUT2D eigenvalue weighted by Crippen LogP contribution is -2.52. The van der Waals surface area contributed by atoms with Crippen LogP contribution in [0.15, 0.2) is 12.4 Å². The van der Waals surface area contributed by atoms with E-state index < -0.39 is 11.2 Å². The number of rotatable bonds is 6. The lowest BCUT2D eigenvalue weighted by Gasteiger charge is -2.57. The van der Waals surface area contributed by atoms with Crippen LogP contribution in [-0.4, -0.2) is 52.5 Å². The smallest absolute Gasteiger partial charge is 0.227 e. The number of nitriles is 1. The fraction of sp³-hybridized carbons (Fsp3) is 0.815. The number of aromatic nitrogens is 4. The van der Waals surface area contributed by atoms with Gasteiger partial charge in [0, 0.05) is 18.0 Å². The molecule has 2 heterocycles. The van der Waals surface area contributed by atoms with Crippen LogP contribution in [0.25, 0.3) is 4.85 Å². The number of Topliss-reactive ketones (excluding diaryl/α,β-unsaturated/α-hetero) is 2. The van der Waals surface area contributed by atoms with E-state index in [1.54, 1.807) is 21.8 Å². The van der Waals surface area contributed by atoms with Crippen LogP contribution < -0.4 is 0 Å². The molecule has 10 nitrogen and oxygen atoms in total. The molecule has 10 aliphatic carbocycles. The highest BCUT2D eigenvalue weighted by Gasteiger charge is 2.72. The molecule has 10 saturated carbocycles. The molecule has 20 atom stereocenters. The summed E-state index contributed by atoms with van der Waals surface area (Å²) < 4.78 is 3.46. The average Bonchev–Trinajstić information content (AvgIpc) is 4.06. The summed E-state index contributed by atoms with van der Waals surface area (Å²) in [6.07, 6.45) is 22.2. The molecule has 0 saturated heterocycles. The van der Waals surface area contributed by atoms with Gasteiger partial charge in [0.2, 0.25) is 5.69 Å². The van der Waals surface area contributed by atoms with Crippen molar-refractivity contribution in [2.45, 2.75) is 169 Å². The third kappa shape index (κ3) is 6.78. The Balaban J connectivity index is 0.000000143. The van der Waals surface area contributed by atoms with E-state index in [2.05, 4.69) is 35.0 Å². The zero-order valence-electron chi connectivity index (χ0n) is 39.5. The maximum Gasteiger partial charge on any atom is 0.227 e. The van der Waals surface area contributed by atoms with Crippen LogP contribution in [-0.2, 0) is 22.7 Å². The van der Waals surface area contributed by atoms with Crippen molar-refractivity contribution in [1.29, 1.82) is 5.26 Å². The minimum absolute atomic E-state index is 0.137. The van der Waals surface area contributed by atoms with Crippen molar-refractivity contribution in [3.8, 4) is 6.07 Å². The summed E-state index contributed by atoms with van der Waals surface area (Å²) in [6, 6.07) is 2.18. The predicted molar refractivity (Wildman–Crippen MR) is 242 cm³/mol. The molecule has 0 unspecified atom stereocenters. The molecule has 0 aromatic carbocycles. The highest BCUT2D eigenvalue weighted by Crippen LogP contribution is 2.76. The third-order valence-corrected chi connectivity index (χ3v) is 21.6. The minimum Gasteiger partial charge on any atom is -0.390 e. The summed E-state index contributed by atoms with van der Waals surface area (Å²) in [5.74, 6) is 11.3. The van der Waals surface area contributed by atoms with Crippen LogP contribution in [0, 0.1) is 137 Å². The normalized spacial score (nSPS) is 48.7. The van der Waals surface area contributed by atoms with E-state index >= 15 is 0 Å². The van der Waals surface area contributed by atoms with Crippen molar-refractivity contribution in [3.05, 3.63) is 40.8 Å². The van der Waals surface area contributed by atoms with Crippen LogP contribution >= 0.6 is 0 Å². The van der Waals surface area contributed by atoms with E-state index in [0.29, 0.717) is 71.4 Å². The molecule has 2 aromatic rings. The predicted octanol–water partition coefficient (Wildman–Crippen LogP) is 9.70. The number of fused-ring (bicyclic) bond motifs is 14. The molecule has 0 spiro atoms. The molecule has 0 radical (unpaired) electrons. The second kappa shape index (κ2) is 15.1. The molecular formula is C54H74N6O4. The van der Waals surface area contributed by atoms with Gasteiger partial charge in [0.05, 0.1) is 47.5 Å². The number of nitrogens with zero attached hydrogens (tertiary/aromatic N) is 6. The molecule has 344 valence electrons. The molecule has 0 bridgehead atoms. The number of hydrogen-bond acceptors (Lipinski definition) is 7. The molecule has 2 N–H and O–H groups in total. The first-order valence-corrected chi connectivity index (χ1v) is 25.8. The Morgan fingerprint density at radius 1 is 0.719 bits per heavy atom. The van der Waals surface area contributed by atoms with Gasteiger partial charge in [-0.2, -0.15) is 15.5 Å². The number of carbonyl (C=O) groups excluding carboxylic acids is 2. The van der Waals surface area contributed by atoms with Crippen LogP contribution in [0.5, 0.6) is 0 Å². The number of aryl methyl sites for hydroxylation is 1. The SMILES string of the molecule is Cc1c(C#N)cnn1CC(=O)[C@H]1[C@H]2C[C@H]2[C@H]2[C@@H]3CC[C@@H]4C[C@](C)(O)CC[C@@H]4[C@H]3CC[C@@]21C.[C-]#[N+]c1cn(CC(=O)[C@H]2[C@H]3C[C@H]3[C@H]3[C@@H]4CC[C@@H]5C[C@](C)(O)CC[C@@H]5[C@H]4CC[C@@]32C)nc1C. The van der Waals surface area contributed by atoms with Crippen molar-refractivity contribution in [2.75, 3.05) is 0 Å². The number of aliphatic hydroxyl groups is 2. The van der Waals surface area contributed by atoms with Gasteiger partial charge in [-0.25, -0.2) is 4.85 Å². The first-order valence-electron chi connectivity index (χ1n) is 25.8. The maximum absolute atomic E-state index is 13.6. The lowest BCUT2D eigenvalue weighted by atomic mass is 9.48. The van der Waals surface area contributed by atoms with Crippen molar-refractivity contribution in [3.63, 3.8) is 0 Å². The quantitative estimate of drug-likeness (QED) is 0.276. The molecule has 10 fully saturated rings. The Morgan fingerprint density at radius 2 is 1.22 bits per heavy atom. The highest BCUT2D eigenvalue weighted by atomic mass is 16.3. The van der Waals surface area contributed by atoms with Crippen LogP contribution in [0.2, 0.25) is 0 Å². The third-order valence-electron chi connectivity index (χ3n) is 21.6. The first kappa shape index (κ1) is 43.2. The van der Waals surface area contributed by atoms with Gasteiger partial charge in [-0.1, -0.05) is 13.8 Å². The summed E-state index contributed by atoms with van der Waals surface area (Å²) >= 11 is 0. The van der Waals surface area contributed by atoms with E-state index in [-0.39, 0.29) is 22.7 Å². The van der Waals surface area contributed by atoms with Crippen molar-refractivity contribution >= 4 is 17.3 Å². The summed E-state index contributed by atoms with van der Waals surface area (Å²) in [6.45, 7) is 20.6. The van der Waals surface area contributed by atoms with Gasteiger partial charge < -0.3 is 10.2 Å². The second-order valence-corrected chi connectivity index (χ2v) is 25.1. The maximum atomic E-state index is 13.6. The fourth-order valence-electron chi connectivity index (χ4n) is 19.2. The first-order chi connectivity index (χ1) is 30.4. The van der Waals surface area contributed by atoms with Gasteiger partial charge in [-0.05, 0) is 224 Å².